The van der Waals surface area contributed by atoms with Gasteiger partial charge in [-0.2, -0.15) is 8.78 Å². The first-order valence-electron chi connectivity index (χ1n) is 5.97. The van der Waals surface area contributed by atoms with E-state index in [1.165, 1.54) is 22.8 Å². The molecule has 0 spiro atoms. The summed E-state index contributed by atoms with van der Waals surface area (Å²) < 4.78 is 28.7. The van der Waals surface area contributed by atoms with Crippen LogP contribution >= 0.6 is 22.7 Å². The van der Waals surface area contributed by atoms with Gasteiger partial charge in [-0.3, -0.25) is 4.79 Å². The molecule has 0 aliphatic heterocycles. The third-order valence-electron chi connectivity index (χ3n) is 2.70. The second kappa shape index (κ2) is 6.50. The lowest BCUT2D eigenvalue weighted by molar-refractivity contribution is -0.0498. The van der Waals surface area contributed by atoms with Crippen molar-refractivity contribution >= 4 is 28.6 Å². The predicted octanol–water partition coefficient (Wildman–Crippen LogP) is 3.05. The van der Waals surface area contributed by atoms with E-state index in [0.29, 0.717) is 4.88 Å². The first-order valence-corrected chi connectivity index (χ1v) is 7.73. The first-order chi connectivity index (χ1) is 9.90. The Labute approximate surface area is 128 Å². The summed E-state index contributed by atoms with van der Waals surface area (Å²) in [5, 5.41) is 16.1. The smallest absolute Gasteiger partial charge is 0.387 e. The van der Waals surface area contributed by atoms with Crippen LogP contribution < -0.4 is 10.1 Å². The molecule has 0 saturated heterocycles. The molecular formula is C13H13F2NO3S2. The first kappa shape index (κ1) is 15.9. The van der Waals surface area contributed by atoms with E-state index < -0.39 is 18.1 Å². The zero-order valence-corrected chi connectivity index (χ0v) is 12.6. The van der Waals surface area contributed by atoms with Crippen molar-refractivity contribution in [3.8, 4) is 5.75 Å². The normalized spacial score (nSPS) is 14.0. The Balaban J connectivity index is 2.01. The van der Waals surface area contributed by atoms with Gasteiger partial charge in [0.2, 0.25) is 0 Å². The molecule has 2 rings (SSSR count). The molecule has 0 aliphatic rings. The Morgan fingerprint density at radius 1 is 1.43 bits per heavy atom. The quantitative estimate of drug-likeness (QED) is 0.854. The Bertz CT molecular complexity index is 596. The number of amides is 1. The van der Waals surface area contributed by atoms with Gasteiger partial charge in [0.25, 0.3) is 5.91 Å². The van der Waals surface area contributed by atoms with Crippen molar-refractivity contribution in [3.63, 3.8) is 0 Å². The van der Waals surface area contributed by atoms with Crippen LogP contribution in [0.4, 0.5) is 8.78 Å². The molecule has 2 N–H and O–H groups in total. The molecule has 2 aromatic rings. The Morgan fingerprint density at radius 2 is 2.19 bits per heavy atom. The number of alkyl halides is 2. The van der Waals surface area contributed by atoms with Gasteiger partial charge in [0.05, 0.1) is 6.54 Å². The molecule has 0 saturated carbocycles. The van der Waals surface area contributed by atoms with Crippen molar-refractivity contribution in [2.45, 2.75) is 19.1 Å². The maximum Gasteiger partial charge on any atom is 0.387 e. The van der Waals surface area contributed by atoms with Crippen LogP contribution in [-0.2, 0) is 5.60 Å². The lowest BCUT2D eigenvalue weighted by Crippen LogP contribution is -2.38. The fourth-order valence-electron chi connectivity index (χ4n) is 1.66. The van der Waals surface area contributed by atoms with Gasteiger partial charge in [-0.1, -0.05) is 6.07 Å². The lowest BCUT2D eigenvalue weighted by atomic mass is 10.1. The van der Waals surface area contributed by atoms with E-state index >= 15 is 0 Å². The van der Waals surface area contributed by atoms with E-state index in [2.05, 4.69) is 10.1 Å². The SMILES string of the molecule is CC(O)(CNC(=O)c1sccc1OC(F)F)c1cccs1. The molecule has 2 aromatic heterocycles. The number of hydrogen-bond acceptors (Lipinski definition) is 5. The van der Waals surface area contributed by atoms with Crippen LogP contribution in [0.1, 0.15) is 21.5 Å². The molecule has 2 heterocycles. The molecular weight excluding hydrogens is 320 g/mol. The minimum Gasteiger partial charge on any atom is -0.433 e. The van der Waals surface area contributed by atoms with Crippen molar-refractivity contribution in [2.75, 3.05) is 6.54 Å². The number of carbonyl (C=O) groups excluding carboxylic acids is 1. The van der Waals surface area contributed by atoms with Crippen molar-refractivity contribution in [1.29, 1.82) is 0 Å². The van der Waals surface area contributed by atoms with Gasteiger partial charge in [-0.15, -0.1) is 22.7 Å². The molecule has 1 atom stereocenters. The number of ether oxygens (including phenoxy) is 1. The molecule has 0 aromatic carbocycles. The molecule has 8 heteroatoms. The van der Waals surface area contributed by atoms with Crippen LogP contribution in [0.2, 0.25) is 0 Å². The fraction of sp³-hybridized carbons (Fsp3) is 0.308. The number of carbonyl (C=O) groups is 1. The third-order valence-corrected chi connectivity index (χ3v) is 4.71. The van der Waals surface area contributed by atoms with Gasteiger partial charge in [0, 0.05) is 4.88 Å². The number of hydrogen-bond donors (Lipinski definition) is 2. The number of rotatable bonds is 6. The van der Waals surface area contributed by atoms with Crippen LogP contribution in [0, 0.1) is 0 Å². The summed E-state index contributed by atoms with van der Waals surface area (Å²) in [5.41, 5.74) is -1.22. The van der Waals surface area contributed by atoms with Gasteiger partial charge in [-0.25, -0.2) is 0 Å². The zero-order valence-electron chi connectivity index (χ0n) is 11.0. The van der Waals surface area contributed by atoms with Crippen LogP contribution in [-0.4, -0.2) is 24.2 Å². The number of halogens is 2. The largest absolute Gasteiger partial charge is 0.433 e. The molecule has 4 nitrogen and oxygen atoms in total. The van der Waals surface area contributed by atoms with E-state index in [-0.39, 0.29) is 17.2 Å². The van der Waals surface area contributed by atoms with E-state index in [4.69, 9.17) is 0 Å². The highest BCUT2D eigenvalue weighted by Crippen LogP contribution is 2.27. The summed E-state index contributed by atoms with van der Waals surface area (Å²) in [6.07, 6.45) is 0. The fourth-order valence-corrected chi connectivity index (χ4v) is 3.18. The summed E-state index contributed by atoms with van der Waals surface area (Å²) in [6.45, 7) is -1.44. The van der Waals surface area contributed by atoms with Crippen molar-refractivity contribution in [2.24, 2.45) is 0 Å². The molecule has 0 aliphatic carbocycles. The molecule has 114 valence electrons. The van der Waals surface area contributed by atoms with Crippen LogP contribution in [0.25, 0.3) is 0 Å². The number of nitrogens with one attached hydrogen (secondary N) is 1. The standard InChI is InChI=1S/C13H13F2NO3S2/c1-13(18,9-3-2-5-20-9)7-16-11(17)10-8(4-6-21-10)19-12(14)15/h2-6,12,18H,7H2,1H3,(H,16,17). The number of aliphatic hydroxyl groups is 1. The zero-order chi connectivity index (χ0) is 15.5. The molecule has 21 heavy (non-hydrogen) atoms. The summed E-state index contributed by atoms with van der Waals surface area (Å²) >= 11 is 2.37. The van der Waals surface area contributed by atoms with E-state index in [1.54, 1.807) is 19.1 Å². The maximum atomic E-state index is 12.2. The van der Waals surface area contributed by atoms with Gasteiger partial charge < -0.3 is 15.2 Å². The van der Waals surface area contributed by atoms with Gasteiger partial charge in [0.15, 0.2) is 0 Å². The molecule has 0 fully saturated rings. The van der Waals surface area contributed by atoms with E-state index in [9.17, 15) is 18.7 Å². The van der Waals surface area contributed by atoms with Crippen molar-refractivity contribution in [3.05, 3.63) is 38.7 Å². The second-order valence-electron chi connectivity index (χ2n) is 4.43. The minimum atomic E-state index is -2.99. The minimum absolute atomic E-state index is 0.0294. The van der Waals surface area contributed by atoms with Crippen LogP contribution in [0.5, 0.6) is 5.75 Å². The maximum absolute atomic E-state index is 12.2. The van der Waals surface area contributed by atoms with Gasteiger partial charge in [-0.05, 0) is 29.8 Å². The highest BCUT2D eigenvalue weighted by atomic mass is 32.1. The Hall–Kier alpha value is -1.51. The lowest BCUT2D eigenvalue weighted by Gasteiger charge is -2.22. The average molecular weight is 333 g/mol. The number of thiophene rings is 2. The second-order valence-corrected chi connectivity index (χ2v) is 6.29. The van der Waals surface area contributed by atoms with Gasteiger partial charge in [0.1, 0.15) is 16.2 Å². The monoisotopic (exact) mass is 333 g/mol. The van der Waals surface area contributed by atoms with Crippen molar-refractivity contribution < 1.29 is 23.4 Å². The molecule has 0 radical (unpaired) electrons. The van der Waals surface area contributed by atoms with Crippen LogP contribution in [0.15, 0.2) is 29.0 Å². The highest BCUT2D eigenvalue weighted by molar-refractivity contribution is 7.12. The summed E-state index contributed by atoms with van der Waals surface area (Å²) in [6, 6.07) is 4.86. The highest BCUT2D eigenvalue weighted by Gasteiger charge is 2.26. The predicted molar refractivity (Wildman–Crippen MR) is 77.2 cm³/mol. The molecule has 0 bridgehead atoms. The topological polar surface area (TPSA) is 58.6 Å². The van der Waals surface area contributed by atoms with Crippen molar-refractivity contribution in [1.82, 2.24) is 5.32 Å². The summed E-state index contributed by atoms with van der Waals surface area (Å²) in [5.74, 6) is -0.722. The average Bonchev–Trinajstić information content (AvgIpc) is 3.06. The van der Waals surface area contributed by atoms with E-state index in [1.807, 2.05) is 5.38 Å². The Kier molecular flexibility index (Phi) is 4.92. The summed E-state index contributed by atoms with van der Waals surface area (Å²) in [7, 11) is 0. The van der Waals surface area contributed by atoms with Gasteiger partial charge >= 0.3 is 6.61 Å². The Morgan fingerprint density at radius 3 is 2.81 bits per heavy atom. The van der Waals surface area contributed by atoms with E-state index in [0.717, 1.165) is 11.3 Å². The summed E-state index contributed by atoms with van der Waals surface area (Å²) in [4.78, 5) is 12.8. The molecule has 1 amide bonds. The third kappa shape index (κ3) is 3.99. The molecule has 1 unspecified atom stereocenters. The van der Waals surface area contributed by atoms with Crippen LogP contribution in [0.3, 0.4) is 0 Å².